The maximum absolute atomic E-state index is 12.8. The third-order valence-electron chi connectivity index (χ3n) is 6.02. The summed E-state index contributed by atoms with van der Waals surface area (Å²) in [5.41, 5.74) is 1.83. The number of carbonyl (C=O) groups excluding carboxylic acids is 1. The highest BCUT2D eigenvalue weighted by molar-refractivity contribution is 5.94. The molecule has 158 valence electrons. The Morgan fingerprint density at radius 1 is 1.14 bits per heavy atom. The summed E-state index contributed by atoms with van der Waals surface area (Å²) in [5.74, 6) is 0.864. The molecule has 7 nitrogen and oxygen atoms in total. The van der Waals surface area contributed by atoms with Crippen LogP contribution in [-0.4, -0.2) is 67.4 Å². The quantitative estimate of drug-likeness (QED) is 0.597. The number of nitrogens with one attached hydrogen (secondary N) is 2. The first-order valence-corrected chi connectivity index (χ1v) is 10.7. The first-order valence-electron chi connectivity index (χ1n) is 10.7. The van der Waals surface area contributed by atoms with Gasteiger partial charge < -0.3 is 25.0 Å². The lowest BCUT2D eigenvalue weighted by atomic mass is 9.96. The van der Waals surface area contributed by atoms with E-state index >= 15 is 0 Å². The number of aliphatic imine (C=N–C) groups is 1. The van der Waals surface area contributed by atoms with Gasteiger partial charge in [0.15, 0.2) is 5.96 Å². The van der Waals surface area contributed by atoms with E-state index in [1.54, 1.807) is 7.05 Å². The Bertz CT molecular complexity index is 741. The molecule has 1 aromatic rings. The van der Waals surface area contributed by atoms with Crippen LogP contribution in [0.5, 0.6) is 0 Å². The Morgan fingerprint density at radius 3 is 2.45 bits per heavy atom. The molecule has 1 aromatic carbocycles. The minimum Gasteiger partial charge on any atom is -0.373 e. The number of fused-ring (bicyclic) bond motifs is 2. The first kappa shape index (κ1) is 20.2. The highest BCUT2D eigenvalue weighted by Gasteiger charge is 2.41. The second-order valence-electron chi connectivity index (χ2n) is 8.45. The molecule has 7 heteroatoms. The number of hydrogen-bond acceptors (Lipinski definition) is 4. The lowest BCUT2D eigenvalue weighted by Crippen LogP contribution is -2.48. The Morgan fingerprint density at radius 2 is 1.86 bits per heavy atom. The van der Waals surface area contributed by atoms with Gasteiger partial charge >= 0.3 is 0 Å². The summed E-state index contributed by atoms with van der Waals surface area (Å²) >= 11 is 0. The molecule has 0 spiro atoms. The van der Waals surface area contributed by atoms with Crippen molar-refractivity contribution < 1.29 is 14.3 Å². The fourth-order valence-corrected chi connectivity index (χ4v) is 4.64. The molecule has 0 radical (unpaired) electrons. The molecule has 2 bridgehead atoms. The maximum atomic E-state index is 12.8. The number of ether oxygens (including phenoxy) is 2. The minimum absolute atomic E-state index is 0.0697. The number of benzene rings is 1. The molecule has 0 aromatic heterocycles. The minimum atomic E-state index is 0.0697. The van der Waals surface area contributed by atoms with E-state index in [0.29, 0.717) is 37.9 Å². The van der Waals surface area contributed by atoms with Crippen LogP contribution >= 0.6 is 0 Å². The Hall–Kier alpha value is -2.12. The van der Waals surface area contributed by atoms with Crippen LogP contribution in [-0.2, 0) is 16.0 Å². The topological polar surface area (TPSA) is 75.2 Å². The van der Waals surface area contributed by atoms with Crippen molar-refractivity contribution in [2.75, 3.05) is 20.1 Å². The molecular formula is C22H32N4O3. The van der Waals surface area contributed by atoms with Gasteiger partial charge in [-0.2, -0.15) is 0 Å². The molecule has 3 saturated heterocycles. The van der Waals surface area contributed by atoms with Crippen molar-refractivity contribution in [3.05, 3.63) is 35.4 Å². The van der Waals surface area contributed by atoms with E-state index in [-0.39, 0.29) is 18.1 Å². The van der Waals surface area contributed by atoms with Crippen molar-refractivity contribution in [3.8, 4) is 0 Å². The molecule has 4 rings (SSSR count). The molecule has 29 heavy (non-hydrogen) atoms. The van der Waals surface area contributed by atoms with Gasteiger partial charge in [-0.25, -0.2) is 0 Å². The molecule has 2 N–H and O–H groups in total. The number of guanidine groups is 1. The molecule has 0 aliphatic carbocycles. The summed E-state index contributed by atoms with van der Waals surface area (Å²) in [5, 5.41) is 6.86. The van der Waals surface area contributed by atoms with Gasteiger partial charge in [0.25, 0.3) is 5.91 Å². The van der Waals surface area contributed by atoms with Gasteiger partial charge in [0, 0.05) is 32.2 Å². The molecule has 3 fully saturated rings. The molecule has 3 heterocycles. The van der Waals surface area contributed by atoms with Gasteiger partial charge in [-0.05, 0) is 50.8 Å². The number of rotatable bonds is 4. The zero-order chi connectivity index (χ0) is 20.4. The molecule has 3 aliphatic heterocycles. The molecule has 5 atom stereocenters. The van der Waals surface area contributed by atoms with Gasteiger partial charge in [0.2, 0.25) is 0 Å². The normalized spacial score (nSPS) is 31.8. The second kappa shape index (κ2) is 8.71. The predicted octanol–water partition coefficient (Wildman–Crippen LogP) is 1.92. The predicted molar refractivity (Wildman–Crippen MR) is 112 cm³/mol. The Labute approximate surface area is 172 Å². The van der Waals surface area contributed by atoms with Gasteiger partial charge in [-0.1, -0.05) is 12.1 Å². The van der Waals surface area contributed by atoms with E-state index in [9.17, 15) is 4.79 Å². The number of morpholine rings is 1. The fourth-order valence-electron chi connectivity index (χ4n) is 4.64. The van der Waals surface area contributed by atoms with Crippen LogP contribution < -0.4 is 10.6 Å². The summed E-state index contributed by atoms with van der Waals surface area (Å²) in [7, 11) is 1.79. The van der Waals surface area contributed by atoms with E-state index in [2.05, 4.69) is 15.6 Å². The highest BCUT2D eigenvalue weighted by atomic mass is 16.5. The third-order valence-corrected chi connectivity index (χ3v) is 6.02. The van der Waals surface area contributed by atoms with Crippen LogP contribution in [0, 0.1) is 0 Å². The summed E-state index contributed by atoms with van der Waals surface area (Å²) in [6.07, 6.45) is 4.25. The Balaban J connectivity index is 1.29. The van der Waals surface area contributed by atoms with Crippen LogP contribution in [0.2, 0.25) is 0 Å². The van der Waals surface area contributed by atoms with Crippen molar-refractivity contribution in [3.63, 3.8) is 0 Å². The third kappa shape index (κ3) is 4.73. The van der Waals surface area contributed by atoms with Crippen molar-refractivity contribution in [1.82, 2.24) is 15.5 Å². The summed E-state index contributed by atoms with van der Waals surface area (Å²) in [6.45, 7) is 5.95. The maximum Gasteiger partial charge on any atom is 0.254 e. The van der Waals surface area contributed by atoms with Gasteiger partial charge in [-0.3, -0.25) is 9.79 Å². The average Bonchev–Trinajstić information content (AvgIpc) is 3.33. The molecule has 5 unspecified atom stereocenters. The van der Waals surface area contributed by atoms with Crippen LogP contribution in [0.4, 0.5) is 0 Å². The van der Waals surface area contributed by atoms with E-state index in [1.165, 1.54) is 6.42 Å². The van der Waals surface area contributed by atoms with Crippen molar-refractivity contribution in [2.24, 2.45) is 4.99 Å². The number of carbonyl (C=O) groups is 1. The molecule has 0 saturated carbocycles. The zero-order valence-corrected chi connectivity index (χ0v) is 17.6. The zero-order valence-electron chi connectivity index (χ0n) is 17.6. The number of amides is 1. The Kier molecular flexibility index (Phi) is 6.06. The second-order valence-corrected chi connectivity index (χ2v) is 8.45. The lowest BCUT2D eigenvalue weighted by Gasteiger charge is -2.35. The van der Waals surface area contributed by atoms with E-state index in [1.807, 2.05) is 43.0 Å². The van der Waals surface area contributed by atoms with Gasteiger partial charge in [0.1, 0.15) is 0 Å². The fraction of sp³-hybridized carbons (Fsp3) is 0.636. The SMILES string of the molecule is CN=C(NCc1ccc(C(=O)N2CC(C)OC(C)C2)cc1)NC1CC2CCC1O2. The summed E-state index contributed by atoms with van der Waals surface area (Å²) in [4.78, 5) is 19.0. The lowest BCUT2D eigenvalue weighted by molar-refractivity contribution is -0.0586. The van der Waals surface area contributed by atoms with Crippen LogP contribution in [0.1, 0.15) is 49.0 Å². The largest absolute Gasteiger partial charge is 0.373 e. The number of hydrogen-bond donors (Lipinski definition) is 2. The molecule has 1 amide bonds. The van der Waals surface area contributed by atoms with Crippen LogP contribution in [0.25, 0.3) is 0 Å². The average molecular weight is 401 g/mol. The monoisotopic (exact) mass is 400 g/mol. The van der Waals surface area contributed by atoms with E-state index in [0.717, 1.165) is 29.9 Å². The molecule has 3 aliphatic rings. The van der Waals surface area contributed by atoms with Crippen molar-refractivity contribution in [1.29, 1.82) is 0 Å². The molecular weight excluding hydrogens is 368 g/mol. The van der Waals surface area contributed by atoms with Gasteiger partial charge in [-0.15, -0.1) is 0 Å². The first-order chi connectivity index (χ1) is 14.0. The van der Waals surface area contributed by atoms with Crippen molar-refractivity contribution in [2.45, 2.75) is 70.1 Å². The summed E-state index contributed by atoms with van der Waals surface area (Å²) < 4.78 is 11.6. The van der Waals surface area contributed by atoms with Gasteiger partial charge in [0.05, 0.1) is 30.5 Å². The smallest absolute Gasteiger partial charge is 0.254 e. The van der Waals surface area contributed by atoms with Crippen molar-refractivity contribution >= 4 is 11.9 Å². The highest BCUT2D eigenvalue weighted by Crippen LogP contribution is 2.34. The standard InChI is InChI=1S/C22H32N4O3/c1-14-12-26(13-15(2)28-14)21(27)17-6-4-16(5-7-17)11-24-22(23-3)25-19-10-18-8-9-20(19)29-18/h4-7,14-15,18-20H,8-13H2,1-3H3,(H2,23,24,25). The number of nitrogens with zero attached hydrogens (tertiary/aromatic N) is 2. The van der Waals surface area contributed by atoms with E-state index in [4.69, 9.17) is 9.47 Å². The van der Waals surface area contributed by atoms with E-state index < -0.39 is 0 Å². The van der Waals surface area contributed by atoms with Crippen LogP contribution in [0.3, 0.4) is 0 Å². The van der Waals surface area contributed by atoms with Crippen LogP contribution in [0.15, 0.2) is 29.3 Å². The summed E-state index contributed by atoms with van der Waals surface area (Å²) in [6, 6.07) is 8.16.